The van der Waals surface area contributed by atoms with Crippen LogP contribution in [-0.2, 0) is 20.2 Å². The van der Waals surface area contributed by atoms with Crippen molar-refractivity contribution in [1.82, 2.24) is 4.57 Å². The Bertz CT molecular complexity index is 1100. The molecule has 3 rings (SSSR count). The number of nitriles is 1. The third kappa shape index (κ3) is 4.01. The molecule has 0 aliphatic heterocycles. The van der Waals surface area contributed by atoms with Gasteiger partial charge >= 0.3 is 7.75 Å². The van der Waals surface area contributed by atoms with Crippen LogP contribution in [0.2, 0.25) is 0 Å². The van der Waals surface area contributed by atoms with Crippen molar-refractivity contribution in [2.24, 2.45) is 0 Å². The Hall–Kier alpha value is -2.78. The predicted octanol–water partition coefficient (Wildman–Crippen LogP) is 5.41. The minimum atomic E-state index is -3.39. The van der Waals surface area contributed by atoms with Gasteiger partial charge < -0.3 is 9.30 Å². The fourth-order valence-electron chi connectivity index (χ4n) is 3.36. The summed E-state index contributed by atoms with van der Waals surface area (Å²) in [6.45, 7) is 4.75. The zero-order valence-corrected chi connectivity index (χ0v) is 17.8. The Balaban J connectivity index is 2.07. The lowest BCUT2D eigenvalue weighted by molar-refractivity contribution is 0.249. The Morgan fingerprint density at radius 1 is 1.14 bits per heavy atom. The smallest absolute Gasteiger partial charge is 0.432 e. The Morgan fingerprint density at radius 3 is 2.41 bits per heavy atom. The van der Waals surface area contributed by atoms with E-state index < -0.39 is 7.75 Å². The predicted molar refractivity (Wildman–Crippen MR) is 114 cm³/mol. The number of nitrogens with zero attached hydrogens (tertiary/aromatic N) is 2. The number of nitrogens with one attached hydrogen (secondary N) is 1. The molecule has 1 heterocycles. The molecular formula is C21H24N3O4P. The van der Waals surface area contributed by atoms with E-state index in [1.54, 1.807) is 26.2 Å². The molecule has 1 aromatic heterocycles. The van der Waals surface area contributed by atoms with E-state index in [0.29, 0.717) is 17.8 Å². The number of rotatable bonds is 8. The van der Waals surface area contributed by atoms with Crippen LogP contribution in [0.25, 0.3) is 22.2 Å². The number of fused-ring (bicyclic) bond motifs is 1. The van der Waals surface area contributed by atoms with Crippen LogP contribution in [0.15, 0.2) is 42.5 Å². The van der Waals surface area contributed by atoms with Gasteiger partial charge in [-0.25, -0.2) is 4.57 Å². The van der Waals surface area contributed by atoms with Gasteiger partial charge in [-0.15, -0.1) is 0 Å². The van der Waals surface area contributed by atoms with E-state index in [2.05, 4.69) is 15.7 Å². The molecule has 8 heteroatoms. The molecule has 2 aromatic carbocycles. The number of hydrogen-bond donors (Lipinski definition) is 1. The van der Waals surface area contributed by atoms with E-state index >= 15 is 0 Å². The monoisotopic (exact) mass is 413 g/mol. The van der Waals surface area contributed by atoms with Gasteiger partial charge in [0.25, 0.3) is 0 Å². The van der Waals surface area contributed by atoms with Crippen LogP contribution in [0, 0.1) is 11.3 Å². The second-order valence-electron chi connectivity index (χ2n) is 6.25. The first kappa shape index (κ1) is 20.9. The minimum absolute atomic E-state index is 0.266. The van der Waals surface area contributed by atoms with Crippen molar-refractivity contribution in [2.75, 3.05) is 25.9 Å². The number of hydrogen-bond acceptors (Lipinski definition) is 5. The van der Waals surface area contributed by atoms with E-state index in [1.165, 1.54) is 7.11 Å². The summed E-state index contributed by atoms with van der Waals surface area (Å²) in [5.41, 5.74) is 3.88. The molecule has 1 N–H and O–H groups in total. The molecule has 0 radical (unpaired) electrons. The molecule has 0 saturated carbocycles. The second-order valence-corrected chi connectivity index (χ2v) is 8.09. The van der Waals surface area contributed by atoms with Gasteiger partial charge in [0.15, 0.2) is 0 Å². The second kappa shape index (κ2) is 8.71. The zero-order chi connectivity index (χ0) is 21.0. The van der Waals surface area contributed by atoms with Crippen LogP contribution in [-0.4, -0.2) is 25.4 Å². The summed E-state index contributed by atoms with van der Waals surface area (Å²) >= 11 is 0. The summed E-state index contributed by atoms with van der Waals surface area (Å²) in [7, 11) is -0.431. The molecule has 0 aliphatic rings. The van der Waals surface area contributed by atoms with Gasteiger partial charge in [-0.05, 0) is 43.7 Å². The lowest BCUT2D eigenvalue weighted by atomic mass is 10.1. The summed E-state index contributed by atoms with van der Waals surface area (Å²) in [4.78, 5) is 0. The highest BCUT2D eigenvalue weighted by molar-refractivity contribution is 7.55. The van der Waals surface area contributed by atoms with Crippen molar-refractivity contribution < 1.29 is 18.3 Å². The minimum Gasteiger partial charge on any atom is -0.497 e. The number of anilines is 1. The van der Waals surface area contributed by atoms with E-state index in [0.717, 1.165) is 27.9 Å². The standard InChI is InChI=1S/C21H24N3O4P/c1-5-24-20-13-17(26-3)11-12-18(20)19(14-22)21(24)15-7-9-16(10-8-15)23-29(25,27-4)28-6-2/h7-13H,5-6H2,1-4H3,(H,23,25). The molecule has 0 saturated heterocycles. The Kier molecular flexibility index (Phi) is 6.29. The van der Waals surface area contributed by atoms with Crippen molar-refractivity contribution in [3.63, 3.8) is 0 Å². The van der Waals surface area contributed by atoms with E-state index in [9.17, 15) is 9.83 Å². The third-order valence-corrected chi connectivity index (χ3v) is 6.27. The summed E-state index contributed by atoms with van der Waals surface area (Å²) in [5.74, 6) is 0.742. The lowest BCUT2D eigenvalue weighted by Gasteiger charge is -2.17. The first-order chi connectivity index (χ1) is 14.0. The fraction of sp³-hybridized carbons (Fsp3) is 0.286. The van der Waals surface area contributed by atoms with Gasteiger partial charge in [-0.3, -0.25) is 14.1 Å². The lowest BCUT2D eigenvalue weighted by Crippen LogP contribution is -2.03. The van der Waals surface area contributed by atoms with Gasteiger partial charge in [0.2, 0.25) is 0 Å². The quantitative estimate of drug-likeness (QED) is 0.497. The molecule has 29 heavy (non-hydrogen) atoms. The average molecular weight is 413 g/mol. The molecule has 0 bridgehead atoms. The van der Waals surface area contributed by atoms with Crippen LogP contribution >= 0.6 is 7.75 Å². The maximum atomic E-state index is 12.5. The van der Waals surface area contributed by atoms with Crippen LogP contribution in [0.3, 0.4) is 0 Å². The third-order valence-electron chi connectivity index (χ3n) is 4.66. The normalized spacial score (nSPS) is 13.1. The first-order valence-corrected chi connectivity index (χ1v) is 10.8. The molecule has 7 nitrogen and oxygen atoms in total. The van der Waals surface area contributed by atoms with E-state index in [1.807, 2.05) is 37.3 Å². The van der Waals surface area contributed by atoms with Crippen molar-refractivity contribution >= 4 is 24.3 Å². The van der Waals surface area contributed by atoms with Crippen LogP contribution < -0.4 is 9.82 Å². The van der Waals surface area contributed by atoms with Gasteiger partial charge in [0.05, 0.1) is 30.5 Å². The summed E-state index contributed by atoms with van der Waals surface area (Å²) in [6.07, 6.45) is 0. The maximum Gasteiger partial charge on any atom is 0.432 e. The zero-order valence-electron chi connectivity index (χ0n) is 16.9. The highest BCUT2D eigenvalue weighted by Gasteiger charge is 2.23. The van der Waals surface area contributed by atoms with Gasteiger partial charge in [-0.1, -0.05) is 12.1 Å². The SMILES string of the molecule is CCOP(=O)(Nc1ccc(-c2c(C#N)c3ccc(OC)cc3n2CC)cc1)OC. The summed E-state index contributed by atoms with van der Waals surface area (Å²) in [5, 5.41) is 13.5. The first-order valence-electron chi connectivity index (χ1n) is 9.29. The number of benzene rings is 2. The fourth-order valence-corrected chi connectivity index (χ4v) is 4.43. The van der Waals surface area contributed by atoms with Crippen molar-refractivity contribution in [2.45, 2.75) is 20.4 Å². The van der Waals surface area contributed by atoms with Crippen LogP contribution in [0.1, 0.15) is 19.4 Å². The van der Waals surface area contributed by atoms with Crippen molar-refractivity contribution in [1.29, 1.82) is 5.26 Å². The summed E-state index contributed by atoms with van der Waals surface area (Å²) in [6, 6.07) is 15.4. The van der Waals surface area contributed by atoms with E-state index in [4.69, 9.17) is 13.8 Å². The maximum absolute atomic E-state index is 12.5. The van der Waals surface area contributed by atoms with Crippen LogP contribution in [0.4, 0.5) is 5.69 Å². The molecule has 1 unspecified atom stereocenters. The number of aryl methyl sites for hydroxylation is 1. The molecule has 0 spiro atoms. The van der Waals surface area contributed by atoms with Gasteiger partial charge in [0, 0.05) is 30.8 Å². The summed E-state index contributed by atoms with van der Waals surface area (Å²) < 4.78 is 30.1. The number of methoxy groups -OCH3 is 1. The van der Waals surface area contributed by atoms with Crippen molar-refractivity contribution in [3.05, 3.63) is 48.0 Å². The number of aromatic nitrogens is 1. The molecule has 1 atom stereocenters. The molecule has 152 valence electrons. The number of ether oxygens (including phenoxy) is 1. The average Bonchev–Trinajstić information content (AvgIpc) is 3.06. The Labute approximate surface area is 170 Å². The Morgan fingerprint density at radius 2 is 1.86 bits per heavy atom. The highest BCUT2D eigenvalue weighted by Crippen LogP contribution is 2.47. The van der Waals surface area contributed by atoms with Gasteiger partial charge in [-0.2, -0.15) is 5.26 Å². The topological polar surface area (TPSA) is 85.5 Å². The molecule has 0 amide bonds. The molecule has 0 fully saturated rings. The molecule has 3 aromatic rings. The highest BCUT2D eigenvalue weighted by atomic mass is 31.2. The van der Waals surface area contributed by atoms with E-state index in [-0.39, 0.29) is 6.61 Å². The molecular weight excluding hydrogens is 389 g/mol. The largest absolute Gasteiger partial charge is 0.497 e. The van der Waals surface area contributed by atoms with Crippen molar-refractivity contribution in [3.8, 4) is 23.1 Å². The molecule has 0 aliphatic carbocycles. The van der Waals surface area contributed by atoms with Gasteiger partial charge in [0.1, 0.15) is 11.8 Å². The van der Waals surface area contributed by atoms with Crippen LogP contribution in [0.5, 0.6) is 5.75 Å².